The largest absolute Gasteiger partial charge is 0.468 e. The van der Waals surface area contributed by atoms with Gasteiger partial charge in [-0.05, 0) is 53.8 Å². The standard InChI is InChI=1S/C27H31FN2O2/c1-20(2)15-30(27(31)22-7-4-3-5-8-22)17-23-16-29(18-25-9-6-14-32-25)19-26(23)21-10-12-24(28)13-11-21/h3-14,20,23,26H,15-19H2,1-2H3. The third-order valence-corrected chi connectivity index (χ3v) is 6.12. The molecule has 2 atom stereocenters. The Balaban J connectivity index is 1.57. The Morgan fingerprint density at radius 3 is 2.47 bits per heavy atom. The normalized spacial score (nSPS) is 18.9. The van der Waals surface area contributed by atoms with Crippen LogP contribution >= 0.6 is 0 Å². The summed E-state index contributed by atoms with van der Waals surface area (Å²) in [6, 6.07) is 20.2. The summed E-state index contributed by atoms with van der Waals surface area (Å²) in [6.45, 7) is 8.10. The van der Waals surface area contributed by atoms with Gasteiger partial charge < -0.3 is 9.32 Å². The van der Waals surface area contributed by atoms with E-state index in [-0.39, 0.29) is 23.6 Å². The number of likely N-dealkylation sites (tertiary alicyclic amines) is 1. The molecule has 1 saturated heterocycles. The molecule has 4 nitrogen and oxygen atoms in total. The summed E-state index contributed by atoms with van der Waals surface area (Å²) in [4.78, 5) is 17.7. The number of nitrogens with zero attached hydrogens (tertiary/aromatic N) is 2. The molecule has 1 aromatic heterocycles. The smallest absolute Gasteiger partial charge is 0.253 e. The van der Waals surface area contributed by atoms with Crippen molar-refractivity contribution >= 4 is 5.91 Å². The first kappa shape index (κ1) is 22.3. The lowest BCUT2D eigenvalue weighted by molar-refractivity contribution is 0.0703. The van der Waals surface area contributed by atoms with E-state index < -0.39 is 0 Å². The second-order valence-corrected chi connectivity index (χ2v) is 9.16. The van der Waals surface area contributed by atoms with Gasteiger partial charge in [-0.15, -0.1) is 0 Å². The molecule has 1 fully saturated rings. The second-order valence-electron chi connectivity index (χ2n) is 9.16. The predicted molar refractivity (Wildman–Crippen MR) is 124 cm³/mol. The van der Waals surface area contributed by atoms with Crippen molar-refractivity contribution in [1.29, 1.82) is 0 Å². The van der Waals surface area contributed by atoms with Gasteiger partial charge in [-0.2, -0.15) is 0 Å². The minimum absolute atomic E-state index is 0.0710. The summed E-state index contributed by atoms with van der Waals surface area (Å²) in [5, 5.41) is 0. The number of hydrogen-bond acceptors (Lipinski definition) is 3. The molecule has 1 amide bonds. The number of benzene rings is 2. The monoisotopic (exact) mass is 434 g/mol. The van der Waals surface area contributed by atoms with Crippen molar-refractivity contribution in [2.24, 2.45) is 11.8 Å². The summed E-state index contributed by atoms with van der Waals surface area (Å²) in [5.41, 5.74) is 1.84. The van der Waals surface area contributed by atoms with Crippen molar-refractivity contribution in [3.8, 4) is 0 Å². The van der Waals surface area contributed by atoms with E-state index in [4.69, 9.17) is 4.42 Å². The Kier molecular flexibility index (Phi) is 7.05. The number of carbonyl (C=O) groups excluding carboxylic acids is 1. The SMILES string of the molecule is CC(C)CN(CC1CN(Cc2ccco2)CC1c1ccc(F)cc1)C(=O)c1ccccc1. The lowest BCUT2D eigenvalue weighted by atomic mass is 9.88. The number of hydrogen-bond donors (Lipinski definition) is 0. The highest BCUT2D eigenvalue weighted by molar-refractivity contribution is 5.94. The zero-order valence-electron chi connectivity index (χ0n) is 18.8. The third-order valence-electron chi connectivity index (χ3n) is 6.12. The fourth-order valence-corrected chi connectivity index (χ4v) is 4.71. The average Bonchev–Trinajstić information content (AvgIpc) is 3.44. The van der Waals surface area contributed by atoms with Crippen LogP contribution in [0.3, 0.4) is 0 Å². The van der Waals surface area contributed by atoms with Crippen molar-refractivity contribution < 1.29 is 13.6 Å². The van der Waals surface area contributed by atoms with Gasteiger partial charge in [0.05, 0.1) is 12.8 Å². The Morgan fingerprint density at radius 1 is 1.06 bits per heavy atom. The average molecular weight is 435 g/mol. The molecule has 5 heteroatoms. The summed E-state index contributed by atoms with van der Waals surface area (Å²) >= 11 is 0. The highest BCUT2D eigenvalue weighted by atomic mass is 19.1. The molecule has 0 N–H and O–H groups in total. The number of rotatable bonds is 8. The molecular weight excluding hydrogens is 403 g/mol. The summed E-state index contributed by atoms with van der Waals surface area (Å²) in [6.07, 6.45) is 1.70. The van der Waals surface area contributed by atoms with E-state index in [0.29, 0.717) is 19.0 Å². The van der Waals surface area contributed by atoms with E-state index in [2.05, 4.69) is 18.7 Å². The number of amides is 1. The van der Waals surface area contributed by atoms with Crippen LogP contribution in [0, 0.1) is 17.7 Å². The molecule has 168 valence electrons. The molecule has 32 heavy (non-hydrogen) atoms. The van der Waals surface area contributed by atoms with Crippen molar-refractivity contribution in [2.45, 2.75) is 26.3 Å². The van der Waals surface area contributed by atoms with Crippen molar-refractivity contribution in [3.05, 3.63) is 95.7 Å². The lowest BCUT2D eigenvalue weighted by Gasteiger charge is -2.30. The van der Waals surface area contributed by atoms with E-state index in [1.54, 1.807) is 6.26 Å². The minimum Gasteiger partial charge on any atom is -0.468 e. The Labute approximate surface area is 189 Å². The first-order valence-electron chi connectivity index (χ1n) is 11.3. The summed E-state index contributed by atoms with van der Waals surface area (Å²) in [7, 11) is 0. The van der Waals surface area contributed by atoms with E-state index in [9.17, 15) is 9.18 Å². The second kappa shape index (κ2) is 10.1. The van der Waals surface area contributed by atoms with Crippen molar-refractivity contribution in [3.63, 3.8) is 0 Å². The molecule has 2 unspecified atom stereocenters. The molecule has 0 saturated carbocycles. The Bertz CT molecular complexity index is 986. The van der Waals surface area contributed by atoms with Gasteiger partial charge in [0.2, 0.25) is 0 Å². The molecule has 3 aromatic rings. The molecular formula is C27H31FN2O2. The first-order chi connectivity index (χ1) is 15.5. The van der Waals surface area contributed by atoms with Gasteiger partial charge in [0.15, 0.2) is 0 Å². The maximum Gasteiger partial charge on any atom is 0.253 e. The van der Waals surface area contributed by atoms with Crippen molar-refractivity contribution in [1.82, 2.24) is 9.80 Å². The zero-order chi connectivity index (χ0) is 22.5. The Morgan fingerprint density at radius 2 is 1.81 bits per heavy atom. The van der Waals surface area contributed by atoms with Crippen LogP contribution in [0.2, 0.25) is 0 Å². The molecule has 0 aliphatic carbocycles. The number of halogens is 1. The fraction of sp³-hybridized carbons (Fsp3) is 0.370. The van der Waals surface area contributed by atoms with Gasteiger partial charge in [-0.25, -0.2) is 4.39 Å². The van der Waals surface area contributed by atoms with Crippen LogP contribution in [0.5, 0.6) is 0 Å². The van der Waals surface area contributed by atoms with E-state index in [1.807, 2.05) is 59.5 Å². The fourth-order valence-electron chi connectivity index (χ4n) is 4.71. The van der Waals surface area contributed by atoms with Crippen LogP contribution in [0.15, 0.2) is 77.4 Å². The van der Waals surface area contributed by atoms with Gasteiger partial charge in [0, 0.05) is 37.7 Å². The number of furan rings is 1. The van der Waals surface area contributed by atoms with Crippen LogP contribution in [-0.4, -0.2) is 41.9 Å². The van der Waals surface area contributed by atoms with E-state index in [1.165, 1.54) is 12.1 Å². The quantitative estimate of drug-likeness (QED) is 0.474. The predicted octanol–water partition coefficient (Wildman–Crippen LogP) is 5.43. The van der Waals surface area contributed by atoms with Gasteiger partial charge >= 0.3 is 0 Å². The molecule has 1 aliphatic rings. The van der Waals surface area contributed by atoms with Gasteiger partial charge in [0.1, 0.15) is 11.6 Å². The summed E-state index contributed by atoms with van der Waals surface area (Å²) in [5.74, 6) is 1.62. The van der Waals surface area contributed by atoms with Crippen molar-refractivity contribution in [2.75, 3.05) is 26.2 Å². The van der Waals surface area contributed by atoms with Crippen LogP contribution in [0.4, 0.5) is 4.39 Å². The molecule has 1 aliphatic heterocycles. The molecule has 0 spiro atoms. The number of carbonyl (C=O) groups is 1. The van der Waals surface area contributed by atoms with Crippen LogP contribution in [0.1, 0.15) is 41.4 Å². The molecule has 0 bridgehead atoms. The van der Waals surface area contributed by atoms with Crippen LogP contribution in [0.25, 0.3) is 0 Å². The molecule has 4 rings (SSSR count). The zero-order valence-corrected chi connectivity index (χ0v) is 18.8. The van der Waals surface area contributed by atoms with Gasteiger partial charge in [0.25, 0.3) is 5.91 Å². The first-order valence-corrected chi connectivity index (χ1v) is 11.3. The van der Waals surface area contributed by atoms with Crippen LogP contribution < -0.4 is 0 Å². The molecule has 2 aromatic carbocycles. The maximum absolute atomic E-state index is 13.6. The van der Waals surface area contributed by atoms with E-state index >= 15 is 0 Å². The topological polar surface area (TPSA) is 36.7 Å². The summed E-state index contributed by atoms with van der Waals surface area (Å²) < 4.78 is 19.1. The highest BCUT2D eigenvalue weighted by Crippen LogP contribution is 2.34. The van der Waals surface area contributed by atoms with Crippen LogP contribution in [-0.2, 0) is 6.54 Å². The van der Waals surface area contributed by atoms with E-state index in [0.717, 1.165) is 36.5 Å². The lowest BCUT2D eigenvalue weighted by Crippen LogP contribution is -2.39. The molecule has 0 radical (unpaired) electrons. The third kappa shape index (κ3) is 5.46. The van der Waals surface area contributed by atoms with Gasteiger partial charge in [-0.3, -0.25) is 9.69 Å². The highest BCUT2D eigenvalue weighted by Gasteiger charge is 2.36. The minimum atomic E-state index is -0.226. The van der Waals surface area contributed by atoms with Gasteiger partial charge in [-0.1, -0.05) is 44.2 Å². The molecule has 2 heterocycles. The Hall–Kier alpha value is -2.92. The maximum atomic E-state index is 13.6.